The number of nitrogens with zero attached hydrogens (tertiary/aromatic N) is 1. The second-order valence-corrected chi connectivity index (χ2v) is 9.51. The van der Waals surface area contributed by atoms with E-state index in [2.05, 4.69) is 10.3 Å². The lowest BCUT2D eigenvalue weighted by Crippen LogP contribution is -2.14. The average Bonchev–Trinajstić information content (AvgIpc) is 2.99. The fourth-order valence-corrected chi connectivity index (χ4v) is 4.95. The lowest BCUT2D eigenvalue weighted by atomic mass is 10.3. The predicted octanol–water partition coefficient (Wildman–Crippen LogP) is 4.80. The second-order valence-electron chi connectivity index (χ2n) is 5.53. The molecule has 0 saturated carbocycles. The van der Waals surface area contributed by atoms with Gasteiger partial charge in [0.05, 0.1) is 20.4 Å². The molecule has 0 aliphatic rings. The van der Waals surface area contributed by atoms with Crippen LogP contribution in [0.4, 0.5) is 5.13 Å². The molecule has 3 aromatic rings. The summed E-state index contributed by atoms with van der Waals surface area (Å²) in [5.74, 6) is -0.403. The van der Waals surface area contributed by atoms with Crippen molar-refractivity contribution in [1.82, 2.24) is 4.98 Å². The van der Waals surface area contributed by atoms with Gasteiger partial charge in [0, 0.05) is 11.4 Å². The van der Waals surface area contributed by atoms with Crippen molar-refractivity contribution in [2.24, 2.45) is 0 Å². The number of hydrogen-bond acceptors (Lipinski definition) is 5. The molecule has 5 nitrogen and oxygen atoms in total. The third-order valence-electron chi connectivity index (χ3n) is 3.61. The number of fused-ring (bicyclic) bond motifs is 1. The van der Waals surface area contributed by atoms with Crippen LogP contribution in [0.25, 0.3) is 10.2 Å². The molecule has 1 amide bonds. The number of nitrogens with one attached hydrogen (secondary N) is 1. The highest BCUT2D eigenvalue weighted by Gasteiger charge is 2.16. The first-order chi connectivity index (χ1) is 12.3. The van der Waals surface area contributed by atoms with E-state index in [-0.39, 0.29) is 29.4 Å². The van der Waals surface area contributed by atoms with Gasteiger partial charge in [0.25, 0.3) is 0 Å². The Hall–Kier alpha value is -1.67. The molecule has 1 aromatic heterocycles. The molecule has 0 bridgehead atoms. The van der Waals surface area contributed by atoms with Crippen molar-refractivity contribution in [2.75, 3.05) is 11.1 Å². The van der Waals surface area contributed by atoms with Crippen LogP contribution in [0.2, 0.25) is 10.0 Å². The molecule has 0 aliphatic carbocycles. The van der Waals surface area contributed by atoms with E-state index in [0.29, 0.717) is 20.7 Å². The fourth-order valence-electron chi connectivity index (χ4n) is 2.33. The number of carbonyl (C=O) groups excluding carboxylic acids is 1. The zero-order valence-corrected chi connectivity index (χ0v) is 16.6. The van der Waals surface area contributed by atoms with Gasteiger partial charge in [0.15, 0.2) is 15.0 Å². The number of carbonyl (C=O) groups is 1. The highest BCUT2D eigenvalue weighted by atomic mass is 35.5. The Balaban J connectivity index is 1.56. The van der Waals surface area contributed by atoms with Crippen molar-refractivity contribution >= 4 is 65.6 Å². The summed E-state index contributed by atoms with van der Waals surface area (Å²) in [7, 11) is -3.44. The molecule has 0 radical (unpaired) electrons. The van der Waals surface area contributed by atoms with Crippen LogP contribution < -0.4 is 5.32 Å². The number of thiazole rings is 1. The van der Waals surface area contributed by atoms with Crippen molar-refractivity contribution < 1.29 is 13.2 Å². The molecule has 2 aromatic carbocycles. The summed E-state index contributed by atoms with van der Waals surface area (Å²) in [6, 6.07) is 11.4. The van der Waals surface area contributed by atoms with Crippen LogP contribution in [-0.2, 0) is 14.6 Å². The average molecular weight is 429 g/mol. The van der Waals surface area contributed by atoms with Gasteiger partial charge in [-0.15, -0.1) is 0 Å². The SMILES string of the molecule is O=C(CCCS(=O)(=O)c1ccc(Cl)cc1)Nc1nc2c(Cl)cccc2s1. The first kappa shape index (κ1) is 19.1. The molecule has 0 atom stereocenters. The third kappa shape index (κ3) is 4.54. The summed E-state index contributed by atoms with van der Waals surface area (Å²) in [5.41, 5.74) is 0.639. The molecule has 1 heterocycles. The van der Waals surface area contributed by atoms with Gasteiger partial charge in [-0.3, -0.25) is 4.79 Å². The number of amides is 1. The standard InChI is InChI=1S/C17H14Cl2N2O3S2/c18-11-6-8-12(9-7-11)26(23,24)10-2-5-15(22)20-17-21-16-13(19)3-1-4-14(16)25-17/h1,3-4,6-9H,2,5,10H2,(H,20,21,22). The van der Waals surface area contributed by atoms with E-state index in [1.54, 1.807) is 6.07 Å². The Bertz CT molecular complexity index is 1050. The quantitative estimate of drug-likeness (QED) is 0.611. The van der Waals surface area contributed by atoms with Gasteiger partial charge in [-0.1, -0.05) is 40.6 Å². The normalized spacial score (nSPS) is 11.6. The van der Waals surface area contributed by atoms with E-state index in [1.807, 2.05) is 12.1 Å². The van der Waals surface area contributed by atoms with Crippen LogP contribution in [-0.4, -0.2) is 25.1 Å². The molecule has 0 aliphatic heterocycles. The van der Waals surface area contributed by atoms with Crippen molar-refractivity contribution in [3.8, 4) is 0 Å². The molecule has 0 spiro atoms. The minimum Gasteiger partial charge on any atom is -0.302 e. The Kier molecular flexibility index (Phi) is 5.82. The minimum absolute atomic E-state index is 0.0798. The van der Waals surface area contributed by atoms with Crippen LogP contribution in [0, 0.1) is 0 Å². The highest BCUT2D eigenvalue weighted by Crippen LogP contribution is 2.30. The molecule has 0 fully saturated rings. The number of hydrogen-bond donors (Lipinski definition) is 1. The van der Waals surface area contributed by atoms with Crippen LogP contribution in [0.5, 0.6) is 0 Å². The van der Waals surface area contributed by atoms with Crippen LogP contribution in [0.1, 0.15) is 12.8 Å². The van der Waals surface area contributed by atoms with E-state index < -0.39 is 9.84 Å². The first-order valence-corrected chi connectivity index (χ1v) is 10.9. The Morgan fingerprint density at radius 1 is 1.12 bits per heavy atom. The maximum Gasteiger partial charge on any atom is 0.226 e. The molecule has 26 heavy (non-hydrogen) atoms. The van der Waals surface area contributed by atoms with E-state index in [1.165, 1.54) is 35.6 Å². The highest BCUT2D eigenvalue weighted by molar-refractivity contribution is 7.91. The molecule has 0 saturated heterocycles. The molecular weight excluding hydrogens is 415 g/mol. The number of sulfone groups is 1. The van der Waals surface area contributed by atoms with Gasteiger partial charge in [0.2, 0.25) is 5.91 Å². The molecular formula is C17H14Cl2N2O3S2. The van der Waals surface area contributed by atoms with E-state index in [0.717, 1.165) is 4.70 Å². The van der Waals surface area contributed by atoms with E-state index in [9.17, 15) is 13.2 Å². The van der Waals surface area contributed by atoms with Crippen molar-refractivity contribution in [2.45, 2.75) is 17.7 Å². The Morgan fingerprint density at radius 3 is 2.54 bits per heavy atom. The number of anilines is 1. The van der Waals surface area contributed by atoms with Gasteiger partial charge in [-0.05, 0) is 42.8 Å². The number of halogens is 2. The van der Waals surface area contributed by atoms with Crippen molar-refractivity contribution in [3.05, 3.63) is 52.5 Å². The maximum absolute atomic E-state index is 12.2. The Morgan fingerprint density at radius 2 is 1.85 bits per heavy atom. The number of benzene rings is 2. The topological polar surface area (TPSA) is 76.1 Å². The predicted molar refractivity (Wildman–Crippen MR) is 106 cm³/mol. The summed E-state index contributed by atoms with van der Waals surface area (Å²) >= 11 is 13.1. The van der Waals surface area contributed by atoms with Crippen LogP contribution in [0.3, 0.4) is 0 Å². The van der Waals surface area contributed by atoms with Gasteiger partial charge in [0.1, 0.15) is 5.52 Å². The van der Waals surface area contributed by atoms with Gasteiger partial charge in [-0.2, -0.15) is 0 Å². The molecule has 136 valence electrons. The molecule has 0 unspecified atom stereocenters. The second kappa shape index (κ2) is 7.92. The largest absolute Gasteiger partial charge is 0.302 e. The van der Waals surface area contributed by atoms with E-state index in [4.69, 9.17) is 23.2 Å². The summed E-state index contributed by atoms with van der Waals surface area (Å²) in [5, 5.41) is 4.13. The lowest BCUT2D eigenvalue weighted by molar-refractivity contribution is -0.116. The molecule has 9 heteroatoms. The third-order valence-corrected chi connectivity index (χ3v) is 6.92. The summed E-state index contributed by atoms with van der Waals surface area (Å²) < 4.78 is 25.4. The maximum atomic E-state index is 12.2. The van der Waals surface area contributed by atoms with Crippen LogP contribution >= 0.6 is 34.5 Å². The summed E-state index contributed by atoms with van der Waals surface area (Å²) in [4.78, 5) is 16.5. The number of para-hydroxylation sites is 1. The van der Waals surface area contributed by atoms with Gasteiger partial charge >= 0.3 is 0 Å². The van der Waals surface area contributed by atoms with Gasteiger partial charge in [-0.25, -0.2) is 13.4 Å². The molecule has 1 N–H and O–H groups in total. The van der Waals surface area contributed by atoms with Crippen molar-refractivity contribution in [3.63, 3.8) is 0 Å². The lowest BCUT2D eigenvalue weighted by Gasteiger charge is -2.05. The minimum atomic E-state index is -3.44. The zero-order valence-electron chi connectivity index (χ0n) is 13.4. The Labute approximate surface area is 164 Å². The smallest absolute Gasteiger partial charge is 0.226 e. The number of aromatic nitrogens is 1. The summed E-state index contributed by atoms with van der Waals surface area (Å²) in [6.45, 7) is 0. The first-order valence-electron chi connectivity index (χ1n) is 7.68. The fraction of sp³-hybridized carbons (Fsp3) is 0.176. The molecule has 3 rings (SSSR count). The monoisotopic (exact) mass is 428 g/mol. The zero-order chi connectivity index (χ0) is 18.7. The number of rotatable bonds is 6. The summed E-state index contributed by atoms with van der Waals surface area (Å²) in [6.07, 6.45) is 0.291. The van der Waals surface area contributed by atoms with Crippen molar-refractivity contribution in [1.29, 1.82) is 0 Å². The van der Waals surface area contributed by atoms with Crippen LogP contribution in [0.15, 0.2) is 47.4 Å². The van der Waals surface area contributed by atoms with E-state index >= 15 is 0 Å². The van der Waals surface area contributed by atoms with Gasteiger partial charge < -0.3 is 5.32 Å².